The normalized spacial score (nSPS) is 12.5. The maximum Gasteiger partial charge on any atom is 0.180 e. The number of nitrogens with two attached hydrogens (primary N) is 1. The molecule has 0 bridgehead atoms. The first kappa shape index (κ1) is 15.0. The van der Waals surface area contributed by atoms with Gasteiger partial charge in [-0.1, -0.05) is 5.16 Å². The van der Waals surface area contributed by atoms with E-state index in [1.165, 1.54) is 24.3 Å². The molecule has 0 amide bonds. The number of hydrogen-bond acceptors (Lipinski definition) is 5. The number of sulfone groups is 1. The summed E-state index contributed by atoms with van der Waals surface area (Å²) in [6, 6.07) is 5.88. The molecule has 0 fully saturated rings. The molecule has 0 aliphatic carbocycles. The summed E-state index contributed by atoms with van der Waals surface area (Å²) in [6.45, 7) is 2.18. The fourth-order valence-corrected chi connectivity index (χ4v) is 3.03. The van der Waals surface area contributed by atoms with Crippen molar-refractivity contribution in [2.24, 2.45) is 10.9 Å². The second kappa shape index (κ2) is 5.96. The molecule has 0 unspecified atom stereocenters. The first-order valence-electron chi connectivity index (χ1n) is 6.22. The highest BCUT2D eigenvalue weighted by atomic mass is 32.2. The van der Waals surface area contributed by atoms with E-state index in [2.05, 4.69) is 10.3 Å². The molecule has 0 aliphatic rings. The van der Waals surface area contributed by atoms with Crippen LogP contribution in [-0.4, -0.2) is 35.0 Å². The van der Waals surface area contributed by atoms with Crippen LogP contribution in [0.15, 0.2) is 46.7 Å². The van der Waals surface area contributed by atoms with Crippen LogP contribution in [0, 0.1) is 6.92 Å². The van der Waals surface area contributed by atoms with Crippen LogP contribution in [0.25, 0.3) is 0 Å². The molecule has 1 aromatic carbocycles. The molecular formula is C13H16N4O3S. The minimum atomic E-state index is -3.40. The highest BCUT2D eigenvalue weighted by Crippen LogP contribution is 2.13. The monoisotopic (exact) mass is 308 g/mol. The van der Waals surface area contributed by atoms with Crippen LogP contribution in [0.1, 0.15) is 11.1 Å². The molecule has 0 saturated carbocycles. The van der Waals surface area contributed by atoms with Gasteiger partial charge in [0.15, 0.2) is 15.7 Å². The average Bonchev–Trinajstić information content (AvgIpc) is 2.90. The van der Waals surface area contributed by atoms with Gasteiger partial charge >= 0.3 is 0 Å². The van der Waals surface area contributed by atoms with Crippen LogP contribution in [0.3, 0.4) is 0 Å². The number of aromatic nitrogens is 2. The van der Waals surface area contributed by atoms with Gasteiger partial charge in [0, 0.05) is 11.8 Å². The zero-order chi connectivity index (χ0) is 15.5. The molecule has 2 rings (SSSR count). The zero-order valence-corrected chi connectivity index (χ0v) is 12.3. The number of nitrogens with zero attached hydrogens (tertiary/aromatic N) is 3. The summed E-state index contributed by atoms with van der Waals surface area (Å²) in [5, 5.41) is 15.5. The van der Waals surface area contributed by atoms with Gasteiger partial charge in [-0.15, -0.1) is 0 Å². The molecule has 21 heavy (non-hydrogen) atoms. The van der Waals surface area contributed by atoms with Gasteiger partial charge in [-0.2, -0.15) is 5.10 Å². The summed E-state index contributed by atoms with van der Waals surface area (Å²) in [6.07, 6.45) is 3.47. The summed E-state index contributed by atoms with van der Waals surface area (Å²) in [5.41, 5.74) is 6.87. The first-order chi connectivity index (χ1) is 9.92. The van der Waals surface area contributed by atoms with Crippen molar-refractivity contribution in [3.05, 3.63) is 47.8 Å². The molecule has 0 saturated heterocycles. The minimum Gasteiger partial charge on any atom is -0.409 e. The predicted octanol–water partition coefficient (Wildman–Crippen LogP) is 0.760. The molecule has 3 N–H and O–H groups in total. The van der Waals surface area contributed by atoms with Crippen molar-refractivity contribution in [1.29, 1.82) is 0 Å². The fourth-order valence-electron chi connectivity index (χ4n) is 1.81. The Morgan fingerprint density at radius 2 is 2.05 bits per heavy atom. The van der Waals surface area contributed by atoms with Gasteiger partial charge in [0.05, 0.1) is 23.4 Å². The standard InChI is InChI=1S/C13H16N4O3S/c1-10-8-15-17(9-10)6-7-21(19,20)12-4-2-11(3-5-12)13(14)16-18/h2-5,8-9,18H,6-7H2,1H3,(H2,14,16). The van der Waals surface area contributed by atoms with Crippen molar-refractivity contribution >= 4 is 15.7 Å². The van der Waals surface area contributed by atoms with E-state index >= 15 is 0 Å². The number of amidine groups is 1. The van der Waals surface area contributed by atoms with Gasteiger partial charge in [-0.05, 0) is 36.8 Å². The third-order valence-corrected chi connectivity index (χ3v) is 4.68. The number of oxime groups is 1. The predicted molar refractivity (Wildman–Crippen MR) is 78.0 cm³/mol. The number of hydrogen-bond donors (Lipinski definition) is 2. The van der Waals surface area contributed by atoms with Crippen LogP contribution in [-0.2, 0) is 16.4 Å². The van der Waals surface area contributed by atoms with Gasteiger partial charge in [0.2, 0.25) is 0 Å². The first-order valence-corrected chi connectivity index (χ1v) is 7.87. The summed E-state index contributed by atoms with van der Waals surface area (Å²) < 4.78 is 26.0. The summed E-state index contributed by atoms with van der Waals surface area (Å²) in [5.74, 6) is -0.109. The molecule has 7 nitrogen and oxygen atoms in total. The lowest BCUT2D eigenvalue weighted by atomic mass is 10.2. The third-order valence-electron chi connectivity index (χ3n) is 2.97. The number of rotatable bonds is 5. The van der Waals surface area contributed by atoms with E-state index < -0.39 is 9.84 Å². The Hall–Kier alpha value is -2.35. The van der Waals surface area contributed by atoms with Gasteiger partial charge in [-0.3, -0.25) is 4.68 Å². The molecule has 0 spiro atoms. The van der Waals surface area contributed by atoms with Gasteiger partial charge in [0.1, 0.15) is 0 Å². The highest BCUT2D eigenvalue weighted by molar-refractivity contribution is 7.91. The van der Waals surface area contributed by atoms with Crippen LogP contribution >= 0.6 is 0 Å². The third kappa shape index (κ3) is 3.60. The molecule has 0 aliphatic heterocycles. The number of benzene rings is 1. The maximum atomic E-state index is 12.2. The van der Waals surface area contributed by atoms with Gasteiger partial charge in [0.25, 0.3) is 0 Å². The fraction of sp³-hybridized carbons (Fsp3) is 0.231. The molecule has 1 aromatic heterocycles. The lowest BCUT2D eigenvalue weighted by Gasteiger charge is -2.06. The largest absolute Gasteiger partial charge is 0.409 e. The smallest absolute Gasteiger partial charge is 0.180 e. The Morgan fingerprint density at radius 1 is 1.38 bits per heavy atom. The summed E-state index contributed by atoms with van der Waals surface area (Å²) in [7, 11) is -3.40. The van der Waals surface area contributed by atoms with E-state index in [1.54, 1.807) is 17.1 Å². The van der Waals surface area contributed by atoms with Crippen molar-refractivity contribution in [1.82, 2.24) is 9.78 Å². The molecule has 1 heterocycles. The molecule has 2 aromatic rings. The van der Waals surface area contributed by atoms with Crippen molar-refractivity contribution in [2.75, 3.05) is 5.75 Å². The minimum absolute atomic E-state index is 0.0446. The van der Waals surface area contributed by atoms with Crippen molar-refractivity contribution in [3.63, 3.8) is 0 Å². The molecule has 8 heteroatoms. The van der Waals surface area contributed by atoms with Crippen molar-refractivity contribution < 1.29 is 13.6 Å². The Balaban J connectivity index is 2.12. The second-order valence-electron chi connectivity index (χ2n) is 4.61. The Morgan fingerprint density at radius 3 is 2.57 bits per heavy atom. The SMILES string of the molecule is Cc1cnn(CCS(=O)(=O)c2ccc(/C(N)=N/O)cc2)c1. The quantitative estimate of drug-likeness (QED) is 0.367. The Kier molecular flexibility index (Phi) is 4.27. The van der Waals surface area contributed by atoms with E-state index in [0.717, 1.165) is 5.56 Å². The van der Waals surface area contributed by atoms with E-state index in [1.807, 2.05) is 6.92 Å². The second-order valence-corrected chi connectivity index (χ2v) is 6.72. The Bertz CT molecular complexity index is 748. The van der Waals surface area contributed by atoms with E-state index in [9.17, 15) is 8.42 Å². The zero-order valence-electron chi connectivity index (χ0n) is 11.5. The number of aryl methyl sites for hydroxylation is 2. The summed E-state index contributed by atoms with van der Waals surface area (Å²) in [4.78, 5) is 0.195. The van der Waals surface area contributed by atoms with Crippen molar-refractivity contribution in [2.45, 2.75) is 18.4 Å². The Labute approximate surface area is 122 Å². The van der Waals surface area contributed by atoms with E-state index in [4.69, 9.17) is 10.9 Å². The van der Waals surface area contributed by atoms with Crippen LogP contribution in [0.5, 0.6) is 0 Å². The van der Waals surface area contributed by atoms with Gasteiger partial charge in [-0.25, -0.2) is 8.42 Å². The van der Waals surface area contributed by atoms with E-state index in [-0.39, 0.29) is 23.0 Å². The molecule has 0 atom stereocenters. The van der Waals surface area contributed by atoms with E-state index in [0.29, 0.717) is 5.56 Å². The molecular weight excluding hydrogens is 292 g/mol. The highest BCUT2D eigenvalue weighted by Gasteiger charge is 2.15. The molecule has 112 valence electrons. The topological polar surface area (TPSA) is 111 Å². The van der Waals surface area contributed by atoms with Gasteiger partial charge < -0.3 is 10.9 Å². The van der Waals surface area contributed by atoms with Crippen molar-refractivity contribution in [3.8, 4) is 0 Å². The van der Waals surface area contributed by atoms with Crippen LogP contribution in [0.2, 0.25) is 0 Å². The summed E-state index contributed by atoms with van der Waals surface area (Å²) >= 11 is 0. The average molecular weight is 308 g/mol. The van der Waals surface area contributed by atoms with Crippen LogP contribution in [0.4, 0.5) is 0 Å². The van der Waals surface area contributed by atoms with Crippen LogP contribution < -0.4 is 5.73 Å². The lowest BCUT2D eigenvalue weighted by Crippen LogP contribution is -2.15. The lowest BCUT2D eigenvalue weighted by molar-refractivity contribution is 0.318. The maximum absolute atomic E-state index is 12.2. The molecule has 0 radical (unpaired) electrons.